The molecule has 8 heteroatoms. The molecule has 0 aliphatic heterocycles. The molecule has 4 rings (SSSR count). The number of ether oxygens (including phenoxy) is 1. The van der Waals surface area contributed by atoms with Crippen molar-refractivity contribution in [2.75, 3.05) is 11.9 Å². The molecule has 0 bridgehead atoms. The number of carboxylic acids is 1. The molecular formula is C26H23FN2O5. The highest BCUT2D eigenvalue weighted by Gasteiger charge is 2.29. The Kier molecular flexibility index (Phi) is 6.58. The van der Waals surface area contributed by atoms with E-state index in [0.29, 0.717) is 0 Å². The second-order valence-electron chi connectivity index (χ2n) is 8.10. The lowest BCUT2D eigenvalue weighted by molar-refractivity contribution is -0.116. The molecule has 0 heterocycles. The Balaban J connectivity index is 1.32. The second kappa shape index (κ2) is 9.74. The summed E-state index contributed by atoms with van der Waals surface area (Å²) in [6.07, 6.45) is -0.817. The van der Waals surface area contributed by atoms with Gasteiger partial charge in [-0.25, -0.2) is 14.0 Å². The van der Waals surface area contributed by atoms with Crippen LogP contribution in [-0.2, 0) is 9.53 Å². The molecule has 3 aromatic carbocycles. The van der Waals surface area contributed by atoms with Crippen LogP contribution in [0.2, 0.25) is 0 Å². The standard InChI is InChI=1S/C26H23FN2O5/c1-15(13-23(30)29-22-12-6-11-20(24(22)27)25(31)32)28-26(33)34-14-21-18-9-4-2-7-16(18)17-8-3-5-10-19(17)21/h2-12,15,21H,13-14H2,1H3,(H,28,33)(H,29,30)(H,31,32)/t15-/m0/s1. The van der Waals surface area contributed by atoms with Gasteiger partial charge in [-0.1, -0.05) is 54.6 Å². The number of rotatable bonds is 7. The maximum Gasteiger partial charge on any atom is 0.407 e. The number of amides is 2. The lowest BCUT2D eigenvalue weighted by Gasteiger charge is -2.17. The summed E-state index contributed by atoms with van der Waals surface area (Å²) in [4.78, 5) is 35.7. The van der Waals surface area contributed by atoms with E-state index in [1.807, 2.05) is 48.5 Å². The van der Waals surface area contributed by atoms with Gasteiger partial charge >= 0.3 is 12.1 Å². The zero-order chi connectivity index (χ0) is 24.2. The Morgan fingerprint density at radius 1 is 0.971 bits per heavy atom. The van der Waals surface area contributed by atoms with E-state index in [0.717, 1.165) is 28.3 Å². The fourth-order valence-corrected chi connectivity index (χ4v) is 4.17. The minimum Gasteiger partial charge on any atom is -0.478 e. The molecule has 0 saturated heterocycles. The average molecular weight is 462 g/mol. The Bertz CT molecular complexity index is 1210. The van der Waals surface area contributed by atoms with Crippen LogP contribution in [0.1, 0.15) is 40.7 Å². The number of hydrogen-bond acceptors (Lipinski definition) is 4. The van der Waals surface area contributed by atoms with Crippen LogP contribution in [0.25, 0.3) is 11.1 Å². The summed E-state index contributed by atoms with van der Waals surface area (Å²) in [5, 5.41) is 13.9. The van der Waals surface area contributed by atoms with Crippen molar-refractivity contribution in [3.63, 3.8) is 0 Å². The highest BCUT2D eigenvalue weighted by Crippen LogP contribution is 2.44. The lowest BCUT2D eigenvalue weighted by Crippen LogP contribution is -2.36. The smallest absolute Gasteiger partial charge is 0.407 e. The van der Waals surface area contributed by atoms with Crippen LogP contribution in [-0.4, -0.2) is 35.7 Å². The minimum absolute atomic E-state index is 0.0822. The van der Waals surface area contributed by atoms with E-state index in [1.165, 1.54) is 12.1 Å². The molecule has 174 valence electrons. The number of fused-ring (bicyclic) bond motifs is 3. The molecule has 2 amide bonds. The normalized spacial score (nSPS) is 12.9. The predicted molar refractivity (Wildman–Crippen MR) is 124 cm³/mol. The van der Waals surface area contributed by atoms with Gasteiger partial charge in [-0.2, -0.15) is 0 Å². The molecule has 0 fully saturated rings. The number of benzene rings is 3. The highest BCUT2D eigenvalue weighted by molar-refractivity contribution is 5.94. The molecule has 0 unspecified atom stereocenters. The zero-order valence-corrected chi connectivity index (χ0v) is 18.4. The third-order valence-electron chi connectivity index (χ3n) is 5.70. The van der Waals surface area contributed by atoms with Crippen molar-refractivity contribution in [3.05, 3.63) is 89.2 Å². The maximum absolute atomic E-state index is 14.2. The largest absolute Gasteiger partial charge is 0.478 e. The molecular weight excluding hydrogens is 439 g/mol. The van der Waals surface area contributed by atoms with Crippen molar-refractivity contribution < 1.29 is 28.6 Å². The predicted octanol–water partition coefficient (Wildman–Crippen LogP) is 4.78. The van der Waals surface area contributed by atoms with Crippen LogP contribution in [0.4, 0.5) is 14.9 Å². The van der Waals surface area contributed by atoms with Crippen molar-refractivity contribution in [2.45, 2.75) is 25.3 Å². The summed E-state index contributed by atoms with van der Waals surface area (Å²) in [5.41, 5.74) is 3.65. The Hall–Kier alpha value is -4.20. The van der Waals surface area contributed by atoms with E-state index in [2.05, 4.69) is 10.6 Å². The van der Waals surface area contributed by atoms with E-state index in [1.54, 1.807) is 6.92 Å². The van der Waals surface area contributed by atoms with E-state index >= 15 is 0 Å². The first-order chi connectivity index (χ1) is 16.3. The molecule has 7 nitrogen and oxygen atoms in total. The molecule has 1 aliphatic carbocycles. The molecule has 0 saturated carbocycles. The topological polar surface area (TPSA) is 105 Å². The first-order valence-corrected chi connectivity index (χ1v) is 10.8. The zero-order valence-electron chi connectivity index (χ0n) is 18.4. The molecule has 0 radical (unpaired) electrons. The number of anilines is 1. The van der Waals surface area contributed by atoms with Crippen LogP contribution < -0.4 is 10.6 Å². The van der Waals surface area contributed by atoms with Gasteiger partial charge in [-0.3, -0.25) is 4.79 Å². The monoisotopic (exact) mass is 462 g/mol. The fraction of sp³-hybridized carbons (Fsp3) is 0.192. The number of carboxylic acid groups (broad SMARTS) is 1. The number of carbonyl (C=O) groups is 3. The Morgan fingerprint density at radius 2 is 1.59 bits per heavy atom. The summed E-state index contributed by atoms with van der Waals surface area (Å²) < 4.78 is 19.7. The number of hydrogen-bond donors (Lipinski definition) is 3. The van der Waals surface area contributed by atoms with Crippen molar-refractivity contribution in [1.82, 2.24) is 5.32 Å². The van der Waals surface area contributed by atoms with Crippen LogP contribution in [0.15, 0.2) is 66.7 Å². The van der Waals surface area contributed by atoms with Crippen molar-refractivity contribution in [3.8, 4) is 11.1 Å². The van der Waals surface area contributed by atoms with Gasteiger partial charge in [-0.15, -0.1) is 0 Å². The molecule has 3 aromatic rings. The quantitative estimate of drug-likeness (QED) is 0.469. The summed E-state index contributed by atoms with van der Waals surface area (Å²) in [5.74, 6) is -3.12. The second-order valence-corrected chi connectivity index (χ2v) is 8.10. The van der Waals surface area contributed by atoms with Crippen molar-refractivity contribution in [1.29, 1.82) is 0 Å². The SMILES string of the molecule is C[C@@H](CC(=O)Nc1cccc(C(=O)O)c1F)NC(=O)OCC1c2ccccc2-c2ccccc21. The van der Waals surface area contributed by atoms with Gasteiger partial charge < -0.3 is 20.5 Å². The van der Waals surface area contributed by atoms with Gasteiger partial charge in [0.1, 0.15) is 6.61 Å². The van der Waals surface area contributed by atoms with E-state index in [4.69, 9.17) is 9.84 Å². The van der Waals surface area contributed by atoms with Crippen LogP contribution in [0.3, 0.4) is 0 Å². The van der Waals surface area contributed by atoms with E-state index in [-0.39, 0.29) is 24.6 Å². The van der Waals surface area contributed by atoms with E-state index in [9.17, 15) is 18.8 Å². The maximum atomic E-state index is 14.2. The number of halogens is 1. The third kappa shape index (κ3) is 4.76. The first kappa shape index (κ1) is 23.0. The molecule has 0 aromatic heterocycles. The number of alkyl carbamates (subject to hydrolysis) is 1. The van der Waals surface area contributed by atoms with Gasteiger partial charge in [0.25, 0.3) is 0 Å². The van der Waals surface area contributed by atoms with Gasteiger partial charge in [0.15, 0.2) is 5.82 Å². The molecule has 0 spiro atoms. The summed E-state index contributed by atoms with van der Waals surface area (Å²) in [6, 6.07) is 19.1. The van der Waals surface area contributed by atoms with E-state index < -0.39 is 35.4 Å². The summed E-state index contributed by atoms with van der Waals surface area (Å²) >= 11 is 0. The third-order valence-corrected chi connectivity index (χ3v) is 5.70. The minimum atomic E-state index is -1.43. The van der Waals surface area contributed by atoms with Gasteiger partial charge in [-0.05, 0) is 41.3 Å². The van der Waals surface area contributed by atoms with Crippen molar-refractivity contribution in [2.24, 2.45) is 0 Å². The number of nitrogens with one attached hydrogen (secondary N) is 2. The Labute approximate surface area is 195 Å². The molecule has 1 aliphatic rings. The fourth-order valence-electron chi connectivity index (χ4n) is 4.17. The summed E-state index contributed by atoms with van der Waals surface area (Å²) in [7, 11) is 0. The Morgan fingerprint density at radius 3 is 2.21 bits per heavy atom. The highest BCUT2D eigenvalue weighted by atomic mass is 19.1. The first-order valence-electron chi connectivity index (χ1n) is 10.8. The molecule has 34 heavy (non-hydrogen) atoms. The molecule has 3 N–H and O–H groups in total. The molecule has 1 atom stereocenters. The average Bonchev–Trinajstić information content (AvgIpc) is 3.12. The summed E-state index contributed by atoms with van der Waals surface area (Å²) in [6.45, 7) is 1.76. The van der Waals surface area contributed by atoms with Crippen LogP contribution >= 0.6 is 0 Å². The number of aromatic carboxylic acids is 1. The van der Waals surface area contributed by atoms with Crippen molar-refractivity contribution >= 4 is 23.7 Å². The van der Waals surface area contributed by atoms with Gasteiger partial charge in [0.05, 0.1) is 11.3 Å². The van der Waals surface area contributed by atoms with Gasteiger partial charge in [0, 0.05) is 18.4 Å². The van der Waals surface area contributed by atoms with Gasteiger partial charge in [0.2, 0.25) is 5.91 Å². The van der Waals surface area contributed by atoms with Crippen LogP contribution in [0.5, 0.6) is 0 Å². The lowest BCUT2D eigenvalue weighted by atomic mass is 9.98. The van der Waals surface area contributed by atoms with Crippen LogP contribution in [0, 0.1) is 5.82 Å². The number of carbonyl (C=O) groups excluding carboxylic acids is 2.